The second kappa shape index (κ2) is 7.06. The van der Waals surface area contributed by atoms with Gasteiger partial charge in [0.2, 0.25) is 0 Å². The summed E-state index contributed by atoms with van der Waals surface area (Å²) in [6, 6.07) is 14.3. The standard InChI is InChI=1S/C20H16ClFN2O2/c1-11-8-15(12-2-5-14(25)6-3-12)19(17(9-11)20(23)24-26)16-10-13(22)4-7-18(16)21/h2-10,25-26H,1H3,(H2,23,24). The number of halogens is 2. The van der Waals surface area contributed by atoms with Crippen molar-refractivity contribution in [2.45, 2.75) is 6.92 Å². The number of phenolic OH excluding ortho intramolecular Hbond substituents is 1. The molecule has 0 aromatic heterocycles. The number of benzene rings is 3. The average Bonchev–Trinajstić information content (AvgIpc) is 2.63. The molecular weight excluding hydrogens is 355 g/mol. The SMILES string of the molecule is Cc1cc(/C(N)=N/O)c(-c2cc(F)ccc2Cl)c(-c2ccc(O)cc2)c1. The molecule has 0 aliphatic carbocycles. The monoisotopic (exact) mass is 370 g/mol. The third kappa shape index (κ3) is 3.34. The molecule has 132 valence electrons. The van der Waals surface area contributed by atoms with Crippen LogP contribution in [0, 0.1) is 12.7 Å². The van der Waals surface area contributed by atoms with Gasteiger partial charge in [-0.2, -0.15) is 0 Å². The third-order valence-electron chi connectivity index (χ3n) is 4.04. The second-order valence-electron chi connectivity index (χ2n) is 5.89. The largest absolute Gasteiger partial charge is 0.508 e. The molecule has 0 amide bonds. The van der Waals surface area contributed by atoms with Crippen LogP contribution in [0.5, 0.6) is 5.75 Å². The van der Waals surface area contributed by atoms with Crippen LogP contribution >= 0.6 is 11.6 Å². The molecule has 0 saturated heterocycles. The maximum atomic E-state index is 13.9. The van der Waals surface area contributed by atoms with Crippen LogP contribution < -0.4 is 5.73 Å². The lowest BCUT2D eigenvalue weighted by Gasteiger charge is -2.17. The fourth-order valence-electron chi connectivity index (χ4n) is 2.89. The Morgan fingerprint density at radius 1 is 1.04 bits per heavy atom. The summed E-state index contributed by atoms with van der Waals surface area (Å²) in [5.74, 6) is -0.431. The van der Waals surface area contributed by atoms with Gasteiger partial charge in [-0.3, -0.25) is 0 Å². The lowest BCUT2D eigenvalue weighted by Crippen LogP contribution is -2.15. The van der Waals surface area contributed by atoms with E-state index in [1.54, 1.807) is 30.3 Å². The van der Waals surface area contributed by atoms with E-state index in [9.17, 15) is 14.7 Å². The summed E-state index contributed by atoms with van der Waals surface area (Å²) in [7, 11) is 0. The highest BCUT2D eigenvalue weighted by atomic mass is 35.5. The van der Waals surface area contributed by atoms with Crippen LogP contribution in [0.15, 0.2) is 59.8 Å². The lowest BCUT2D eigenvalue weighted by atomic mass is 9.88. The van der Waals surface area contributed by atoms with Gasteiger partial charge in [0.1, 0.15) is 11.6 Å². The first-order chi connectivity index (χ1) is 12.4. The van der Waals surface area contributed by atoms with Crippen LogP contribution in [0.1, 0.15) is 11.1 Å². The Morgan fingerprint density at radius 3 is 2.38 bits per heavy atom. The molecule has 0 aliphatic rings. The van der Waals surface area contributed by atoms with Gasteiger partial charge in [0.15, 0.2) is 5.84 Å². The third-order valence-corrected chi connectivity index (χ3v) is 4.37. The molecule has 26 heavy (non-hydrogen) atoms. The van der Waals surface area contributed by atoms with Crippen molar-refractivity contribution in [1.82, 2.24) is 0 Å². The van der Waals surface area contributed by atoms with Crippen molar-refractivity contribution in [2.24, 2.45) is 10.9 Å². The van der Waals surface area contributed by atoms with E-state index in [2.05, 4.69) is 5.16 Å². The number of nitrogens with two attached hydrogens (primary N) is 1. The number of aromatic hydroxyl groups is 1. The molecule has 0 spiro atoms. The summed E-state index contributed by atoms with van der Waals surface area (Å²) < 4.78 is 13.9. The summed E-state index contributed by atoms with van der Waals surface area (Å²) in [5.41, 5.74) is 9.65. The van der Waals surface area contributed by atoms with E-state index in [0.29, 0.717) is 21.7 Å². The molecule has 4 nitrogen and oxygen atoms in total. The zero-order chi connectivity index (χ0) is 18.8. The van der Waals surface area contributed by atoms with Crippen molar-refractivity contribution in [2.75, 3.05) is 0 Å². The highest BCUT2D eigenvalue weighted by Crippen LogP contribution is 2.40. The van der Waals surface area contributed by atoms with E-state index in [4.69, 9.17) is 17.3 Å². The van der Waals surface area contributed by atoms with Gasteiger partial charge in [-0.05, 0) is 60.0 Å². The topological polar surface area (TPSA) is 78.8 Å². The number of hydrogen-bond acceptors (Lipinski definition) is 3. The molecular formula is C20H16ClFN2O2. The zero-order valence-electron chi connectivity index (χ0n) is 13.9. The molecule has 0 fully saturated rings. The van der Waals surface area contributed by atoms with Crippen LogP contribution in [0.25, 0.3) is 22.3 Å². The first-order valence-electron chi connectivity index (χ1n) is 7.78. The Balaban J connectivity index is 2.42. The predicted molar refractivity (Wildman–Crippen MR) is 101 cm³/mol. The summed E-state index contributed by atoms with van der Waals surface area (Å²) in [4.78, 5) is 0. The van der Waals surface area contributed by atoms with Gasteiger partial charge in [0, 0.05) is 21.7 Å². The lowest BCUT2D eigenvalue weighted by molar-refractivity contribution is 0.318. The van der Waals surface area contributed by atoms with E-state index in [0.717, 1.165) is 16.7 Å². The van der Waals surface area contributed by atoms with E-state index in [-0.39, 0.29) is 11.6 Å². The summed E-state index contributed by atoms with van der Waals surface area (Å²) in [6.45, 7) is 1.87. The van der Waals surface area contributed by atoms with Gasteiger partial charge in [-0.1, -0.05) is 35.0 Å². The normalized spacial score (nSPS) is 11.6. The van der Waals surface area contributed by atoms with Crippen molar-refractivity contribution in [3.8, 4) is 28.0 Å². The highest BCUT2D eigenvalue weighted by Gasteiger charge is 2.19. The van der Waals surface area contributed by atoms with Crippen LogP contribution in [-0.4, -0.2) is 16.1 Å². The molecule has 4 N–H and O–H groups in total. The second-order valence-corrected chi connectivity index (χ2v) is 6.30. The van der Waals surface area contributed by atoms with Gasteiger partial charge >= 0.3 is 0 Å². The molecule has 0 heterocycles. The quantitative estimate of drug-likeness (QED) is 0.265. The fraction of sp³-hybridized carbons (Fsp3) is 0.0500. The van der Waals surface area contributed by atoms with Crippen LogP contribution in [0.2, 0.25) is 5.02 Å². The first kappa shape index (κ1) is 17.8. The minimum Gasteiger partial charge on any atom is -0.508 e. The number of hydrogen-bond donors (Lipinski definition) is 3. The molecule has 0 radical (unpaired) electrons. The van der Waals surface area contributed by atoms with Crippen molar-refractivity contribution >= 4 is 17.4 Å². The van der Waals surface area contributed by atoms with Crippen molar-refractivity contribution in [3.05, 3.63) is 76.6 Å². The predicted octanol–water partition coefficient (Wildman–Crippen LogP) is 4.92. The molecule has 0 saturated carbocycles. The average molecular weight is 371 g/mol. The number of phenols is 1. The summed E-state index contributed by atoms with van der Waals surface area (Å²) in [6.07, 6.45) is 0. The minimum absolute atomic E-state index is 0.107. The van der Waals surface area contributed by atoms with Gasteiger partial charge in [0.05, 0.1) is 0 Å². The Bertz CT molecular complexity index is 1000. The van der Waals surface area contributed by atoms with Crippen LogP contribution in [0.3, 0.4) is 0 Å². The Labute approximate surface area is 155 Å². The zero-order valence-corrected chi connectivity index (χ0v) is 14.6. The van der Waals surface area contributed by atoms with Gasteiger partial charge < -0.3 is 16.0 Å². The number of aryl methyl sites for hydroxylation is 1. The maximum absolute atomic E-state index is 13.9. The minimum atomic E-state index is -0.452. The summed E-state index contributed by atoms with van der Waals surface area (Å²) in [5, 5.41) is 22.2. The number of nitrogens with zero attached hydrogens (tertiary/aromatic N) is 1. The van der Waals surface area contributed by atoms with Crippen LogP contribution in [0.4, 0.5) is 4.39 Å². The molecule has 0 bridgehead atoms. The first-order valence-corrected chi connectivity index (χ1v) is 8.16. The molecule has 0 atom stereocenters. The Morgan fingerprint density at radius 2 is 1.73 bits per heavy atom. The number of rotatable bonds is 3. The number of amidine groups is 1. The number of oxime groups is 1. The molecule has 3 aromatic carbocycles. The van der Waals surface area contributed by atoms with E-state index < -0.39 is 5.82 Å². The smallest absolute Gasteiger partial charge is 0.170 e. The molecule has 3 aromatic rings. The molecule has 0 aliphatic heterocycles. The summed E-state index contributed by atoms with van der Waals surface area (Å²) >= 11 is 6.33. The van der Waals surface area contributed by atoms with E-state index in [1.165, 1.54) is 18.2 Å². The Kier molecular flexibility index (Phi) is 4.82. The molecule has 3 rings (SSSR count). The van der Waals surface area contributed by atoms with Crippen molar-refractivity contribution < 1.29 is 14.7 Å². The fourth-order valence-corrected chi connectivity index (χ4v) is 3.10. The van der Waals surface area contributed by atoms with Gasteiger partial charge in [-0.25, -0.2) is 4.39 Å². The maximum Gasteiger partial charge on any atom is 0.170 e. The van der Waals surface area contributed by atoms with Crippen LogP contribution in [-0.2, 0) is 0 Å². The van der Waals surface area contributed by atoms with Crippen molar-refractivity contribution in [1.29, 1.82) is 0 Å². The van der Waals surface area contributed by atoms with E-state index >= 15 is 0 Å². The Hall–Kier alpha value is -3.05. The molecule has 6 heteroatoms. The molecule has 0 unspecified atom stereocenters. The highest BCUT2D eigenvalue weighted by molar-refractivity contribution is 6.34. The van der Waals surface area contributed by atoms with E-state index in [1.807, 2.05) is 13.0 Å². The van der Waals surface area contributed by atoms with Crippen molar-refractivity contribution in [3.63, 3.8) is 0 Å². The van der Waals surface area contributed by atoms with Gasteiger partial charge in [-0.15, -0.1) is 0 Å². The van der Waals surface area contributed by atoms with Gasteiger partial charge in [0.25, 0.3) is 0 Å².